The van der Waals surface area contributed by atoms with Crippen molar-refractivity contribution in [2.24, 2.45) is 11.8 Å². The van der Waals surface area contributed by atoms with E-state index >= 15 is 0 Å². The number of pyridine rings is 1. The minimum absolute atomic E-state index is 0.0149. The van der Waals surface area contributed by atoms with Gasteiger partial charge in [-0.1, -0.05) is 5.92 Å². The second kappa shape index (κ2) is 11.7. The molecule has 8 nitrogen and oxygen atoms in total. The molecule has 3 aromatic rings. The van der Waals surface area contributed by atoms with Gasteiger partial charge in [-0.25, -0.2) is 0 Å². The van der Waals surface area contributed by atoms with E-state index in [0.29, 0.717) is 25.2 Å². The Morgan fingerprint density at radius 3 is 2.91 bits per heavy atom. The minimum Gasteiger partial charge on any atom is -0.497 e. The number of carbonyl (C=O) groups is 1. The summed E-state index contributed by atoms with van der Waals surface area (Å²) < 4.78 is 5.34. The summed E-state index contributed by atoms with van der Waals surface area (Å²) in [5, 5.41) is 29.2. The summed E-state index contributed by atoms with van der Waals surface area (Å²) >= 11 is 0. The number of aliphatic hydroxyl groups is 1. The van der Waals surface area contributed by atoms with Gasteiger partial charge in [-0.3, -0.25) is 14.7 Å². The monoisotopic (exact) mass is 474 g/mol. The molecule has 1 aliphatic heterocycles. The summed E-state index contributed by atoms with van der Waals surface area (Å²) in [5.74, 6) is 6.31. The Labute approximate surface area is 205 Å². The number of piperidine rings is 1. The van der Waals surface area contributed by atoms with Gasteiger partial charge >= 0.3 is 5.97 Å². The van der Waals surface area contributed by atoms with Crippen LogP contribution in [0.3, 0.4) is 0 Å². The van der Waals surface area contributed by atoms with Gasteiger partial charge in [-0.05, 0) is 85.5 Å². The second-order valence-corrected chi connectivity index (χ2v) is 8.93. The number of aliphatic hydroxyl groups excluding tert-OH is 1. The molecule has 0 saturated carbocycles. The number of benzene rings is 1. The van der Waals surface area contributed by atoms with Gasteiger partial charge in [-0.2, -0.15) is 5.10 Å². The summed E-state index contributed by atoms with van der Waals surface area (Å²) in [6.07, 6.45) is 4.97. The zero-order valence-electron chi connectivity index (χ0n) is 19.8. The van der Waals surface area contributed by atoms with Crippen molar-refractivity contribution >= 4 is 16.9 Å². The van der Waals surface area contributed by atoms with Crippen LogP contribution in [0.1, 0.15) is 43.0 Å². The third kappa shape index (κ3) is 6.53. The summed E-state index contributed by atoms with van der Waals surface area (Å²) in [6.45, 7) is 2.09. The number of hydrogen-bond donors (Lipinski definition) is 2. The molecular formula is C27H30N4O4. The number of ether oxygens (including phenoxy) is 1. The van der Waals surface area contributed by atoms with E-state index in [1.807, 2.05) is 30.3 Å². The Morgan fingerprint density at radius 1 is 1.26 bits per heavy atom. The highest BCUT2D eigenvalue weighted by Gasteiger charge is 2.31. The quantitative estimate of drug-likeness (QED) is 0.479. The fourth-order valence-corrected chi connectivity index (χ4v) is 4.84. The van der Waals surface area contributed by atoms with Crippen LogP contribution < -0.4 is 4.74 Å². The molecule has 1 aliphatic rings. The summed E-state index contributed by atoms with van der Waals surface area (Å²) in [7, 11) is 1.62. The highest BCUT2D eigenvalue weighted by molar-refractivity contribution is 5.83. The molecule has 1 aromatic carbocycles. The van der Waals surface area contributed by atoms with Crippen LogP contribution in [0.4, 0.5) is 0 Å². The lowest BCUT2D eigenvalue weighted by Crippen LogP contribution is -2.41. The van der Waals surface area contributed by atoms with Crippen LogP contribution in [0.15, 0.2) is 48.8 Å². The number of aliphatic carboxylic acids is 1. The maximum atomic E-state index is 11.6. The second-order valence-electron chi connectivity index (χ2n) is 8.93. The summed E-state index contributed by atoms with van der Waals surface area (Å²) in [5.41, 5.74) is 2.25. The highest BCUT2D eigenvalue weighted by atomic mass is 16.5. The molecule has 3 heterocycles. The molecule has 2 N–H and O–H groups in total. The summed E-state index contributed by atoms with van der Waals surface area (Å²) in [4.78, 5) is 18.1. The molecule has 182 valence electrons. The lowest BCUT2D eigenvalue weighted by Gasteiger charge is -2.37. The first-order valence-corrected chi connectivity index (χ1v) is 11.8. The molecule has 1 saturated heterocycles. The van der Waals surface area contributed by atoms with Gasteiger partial charge in [0.15, 0.2) is 0 Å². The Bertz CT molecular complexity index is 1210. The maximum Gasteiger partial charge on any atom is 0.303 e. The van der Waals surface area contributed by atoms with E-state index < -0.39 is 12.1 Å². The number of aromatic nitrogens is 3. The van der Waals surface area contributed by atoms with Crippen LogP contribution in [-0.2, 0) is 4.79 Å². The van der Waals surface area contributed by atoms with E-state index in [4.69, 9.17) is 4.74 Å². The van der Waals surface area contributed by atoms with Gasteiger partial charge in [0.05, 0.1) is 25.3 Å². The highest BCUT2D eigenvalue weighted by Crippen LogP contribution is 2.34. The van der Waals surface area contributed by atoms with Gasteiger partial charge in [0.2, 0.25) is 0 Å². The van der Waals surface area contributed by atoms with E-state index in [-0.39, 0.29) is 18.3 Å². The molecule has 0 aliphatic carbocycles. The van der Waals surface area contributed by atoms with E-state index in [9.17, 15) is 15.0 Å². The third-order valence-electron chi connectivity index (χ3n) is 6.66. The smallest absolute Gasteiger partial charge is 0.303 e. The molecular weight excluding hydrogens is 444 g/mol. The first kappa shape index (κ1) is 24.6. The standard InChI is InChI=1S/C27H30N4O4/c1-35-22-7-8-25-24(17-22)23(10-13-28-25)26(32)9-6-19-11-15-31(18-20(19)16-27(33)34)14-3-5-21-4-2-12-29-30-21/h2,4,7-8,10,12-13,17,19-20,26,32H,6,9,11,14-16,18H2,1H3,(H,33,34)/t19-,20+,26-/m1/s1. The zero-order chi connectivity index (χ0) is 24.6. The Kier molecular flexibility index (Phi) is 8.24. The molecule has 8 heteroatoms. The van der Waals surface area contributed by atoms with E-state index in [2.05, 4.69) is 31.9 Å². The maximum absolute atomic E-state index is 11.6. The molecule has 0 amide bonds. The lowest BCUT2D eigenvalue weighted by molar-refractivity contribution is -0.139. The number of nitrogens with zero attached hydrogens (tertiary/aromatic N) is 4. The normalized spacial score (nSPS) is 19.0. The molecule has 1 fully saturated rings. The number of carboxylic acids is 1. The van der Waals surface area contributed by atoms with Gasteiger partial charge in [0.1, 0.15) is 11.4 Å². The predicted molar refractivity (Wildman–Crippen MR) is 132 cm³/mol. The average molecular weight is 475 g/mol. The molecule has 35 heavy (non-hydrogen) atoms. The van der Waals surface area contributed by atoms with Crippen LogP contribution in [0.2, 0.25) is 0 Å². The molecule has 2 aromatic heterocycles. The van der Waals surface area contributed by atoms with Crippen LogP contribution in [0.5, 0.6) is 5.75 Å². The van der Waals surface area contributed by atoms with Crippen molar-refractivity contribution in [3.05, 3.63) is 60.0 Å². The van der Waals surface area contributed by atoms with Crippen molar-refractivity contribution in [2.45, 2.75) is 31.8 Å². The van der Waals surface area contributed by atoms with Gasteiger partial charge in [0, 0.05) is 30.7 Å². The Morgan fingerprint density at radius 2 is 2.14 bits per heavy atom. The van der Waals surface area contributed by atoms with Crippen LogP contribution in [0.25, 0.3) is 10.9 Å². The lowest BCUT2D eigenvalue weighted by atomic mass is 9.79. The number of carboxylic acid groups (broad SMARTS) is 1. The zero-order valence-corrected chi connectivity index (χ0v) is 19.8. The van der Waals surface area contributed by atoms with Crippen molar-refractivity contribution < 1.29 is 19.7 Å². The average Bonchev–Trinajstić information content (AvgIpc) is 2.87. The topological polar surface area (TPSA) is 109 Å². The van der Waals surface area contributed by atoms with Crippen LogP contribution in [-0.4, -0.2) is 63.0 Å². The van der Waals surface area contributed by atoms with E-state index in [1.54, 1.807) is 25.6 Å². The largest absolute Gasteiger partial charge is 0.497 e. The first-order valence-electron chi connectivity index (χ1n) is 11.8. The SMILES string of the molecule is COc1ccc2nccc([C@H](O)CC[C@@H]3CCN(CC#Cc4cccnn4)C[C@@H]3CC(=O)O)c2c1. The number of methoxy groups -OCH3 is 1. The Balaban J connectivity index is 1.39. The predicted octanol–water partition coefficient (Wildman–Crippen LogP) is 3.31. The summed E-state index contributed by atoms with van der Waals surface area (Å²) in [6, 6.07) is 11.1. The fourth-order valence-electron chi connectivity index (χ4n) is 4.84. The molecule has 0 bridgehead atoms. The molecule has 0 radical (unpaired) electrons. The number of rotatable bonds is 8. The van der Waals surface area contributed by atoms with Crippen molar-refractivity contribution in [1.29, 1.82) is 0 Å². The van der Waals surface area contributed by atoms with Crippen molar-refractivity contribution in [1.82, 2.24) is 20.1 Å². The fraction of sp³-hybridized carbons (Fsp3) is 0.407. The molecule has 3 atom stereocenters. The molecule has 4 rings (SSSR count). The van der Waals surface area contributed by atoms with Crippen molar-refractivity contribution in [2.75, 3.05) is 26.7 Å². The van der Waals surface area contributed by atoms with Gasteiger partial charge in [-0.15, -0.1) is 5.10 Å². The van der Waals surface area contributed by atoms with Crippen LogP contribution in [0, 0.1) is 23.7 Å². The first-order chi connectivity index (χ1) is 17.0. The number of hydrogen-bond acceptors (Lipinski definition) is 7. The third-order valence-corrected chi connectivity index (χ3v) is 6.66. The van der Waals surface area contributed by atoms with Gasteiger partial charge in [0.25, 0.3) is 0 Å². The molecule has 0 spiro atoms. The van der Waals surface area contributed by atoms with Crippen molar-refractivity contribution in [3.63, 3.8) is 0 Å². The van der Waals surface area contributed by atoms with Gasteiger partial charge < -0.3 is 14.9 Å². The van der Waals surface area contributed by atoms with E-state index in [1.165, 1.54) is 0 Å². The minimum atomic E-state index is -0.791. The number of likely N-dealkylation sites (tertiary alicyclic amines) is 1. The number of fused-ring (bicyclic) bond motifs is 1. The van der Waals surface area contributed by atoms with E-state index in [0.717, 1.165) is 41.6 Å². The van der Waals surface area contributed by atoms with Crippen molar-refractivity contribution in [3.8, 4) is 17.6 Å². The Hall–Kier alpha value is -3.54. The van der Waals surface area contributed by atoms with Crippen LogP contribution >= 0.6 is 0 Å². The molecule has 0 unspecified atom stereocenters.